The maximum absolute atomic E-state index is 11.8. The van der Waals surface area contributed by atoms with Crippen molar-refractivity contribution >= 4 is 22.8 Å². The van der Waals surface area contributed by atoms with Gasteiger partial charge >= 0.3 is 11.7 Å². The van der Waals surface area contributed by atoms with Crippen LogP contribution in [0.25, 0.3) is 11.1 Å². The van der Waals surface area contributed by atoms with Crippen molar-refractivity contribution in [3.63, 3.8) is 0 Å². The number of nitrogens with two attached hydrogens (primary N) is 1. The van der Waals surface area contributed by atoms with E-state index in [0.29, 0.717) is 23.4 Å². The van der Waals surface area contributed by atoms with E-state index in [0.717, 1.165) is 25.7 Å². The molecule has 1 heterocycles. The van der Waals surface area contributed by atoms with Crippen molar-refractivity contribution in [2.45, 2.75) is 39.2 Å². The highest BCUT2D eigenvalue weighted by molar-refractivity contribution is 5.86. The minimum absolute atomic E-state index is 0.187. The Morgan fingerprint density at radius 1 is 1.33 bits per heavy atom. The topological polar surface area (TPSA) is 87.5 Å². The Balaban J connectivity index is 2.01. The van der Waals surface area contributed by atoms with Gasteiger partial charge in [-0.3, -0.25) is 9.36 Å². The lowest BCUT2D eigenvalue weighted by Gasteiger charge is -2.06. The van der Waals surface area contributed by atoms with E-state index in [4.69, 9.17) is 14.9 Å². The molecule has 0 saturated carbocycles. The van der Waals surface area contributed by atoms with Crippen molar-refractivity contribution in [3.05, 3.63) is 28.7 Å². The summed E-state index contributed by atoms with van der Waals surface area (Å²) in [6.45, 7) is 2.31. The van der Waals surface area contributed by atoms with Crippen LogP contribution >= 0.6 is 0 Å². The molecule has 0 atom stereocenters. The zero-order chi connectivity index (χ0) is 15.2. The van der Waals surface area contributed by atoms with E-state index >= 15 is 0 Å². The molecule has 0 saturated heterocycles. The minimum Gasteiger partial charge on any atom is -0.464 e. The highest BCUT2D eigenvalue weighted by Crippen LogP contribution is 2.19. The molecule has 6 nitrogen and oxygen atoms in total. The number of carbonyl (C=O) groups is 1. The van der Waals surface area contributed by atoms with Crippen LogP contribution in [0.3, 0.4) is 0 Å². The molecule has 6 heteroatoms. The smallest absolute Gasteiger partial charge is 0.420 e. The number of hydrogen-bond donors (Lipinski definition) is 1. The molecule has 0 spiro atoms. The van der Waals surface area contributed by atoms with Gasteiger partial charge in [-0.05, 0) is 18.6 Å². The number of ether oxygens (including phenoxy) is 1. The molecule has 0 bridgehead atoms. The van der Waals surface area contributed by atoms with E-state index in [1.807, 2.05) is 0 Å². The normalized spacial score (nSPS) is 10.9. The zero-order valence-corrected chi connectivity index (χ0v) is 12.1. The van der Waals surface area contributed by atoms with Crippen LogP contribution in [0.5, 0.6) is 0 Å². The van der Waals surface area contributed by atoms with E-state index in [1.165, 1.54) is 4.57 Å². The fourth-order valence-electron chi connectivity index (χ4n) is 2.18. The summed E-state index contributed by atoms with van der Waals surface area (Å²) in [5, 5.41) is 0. The van der Waals surface area contributed by atoms with Crippen LogP contribution in [0.2, 0.25) is 0 Å². The van der Waals surface area contributed by atoms with Crippen LogP contribution in [0, 0.1) is 0 Å². The van der Waals surface area contributed by atoms with E-state index in [1.54, 1.807) is 18.2 Å². The number of oxazole rings is 1. The van der Waals surface area contributed by atoms with Gasteiger partial charge in [0.2, 0.25) is 0 Å². The number of fused-ring (bicyclic) bond motifs is 1. The molecule has 1 aromatic carbocycles. The van der Waals surface area contributed by atoms with Crippen LogP contribution < -0.4 is 11.5 Å². The Labute approximate surface area is 122 Å². The van der Waals surface area contributed by atoms with Gasteiger partial charge in [-0.15, -0.1) is 0 Å². The van der Waals surface area contributed by atoms with E-state index < -0.39 is 11.7 Å². The van der Waals surface area contributed by atoms with Gasteiger partial charge in [-0.2, -0.15) is 0 Å². The van der Waals surface area contributed by atoms with Crippen LogP contribution in [0.1, 0.15) is 32.6 Å². The quantitative estimate of drug-likeness (QED) is 0.480. The summed E-state index contributed by atoms with van der Waals surface area (Å²) in [6.07, 6.45) is 4.12. The summed E-state index contributed by atoms with van der Waals surface area (Å²) in [6, 6.07) is 4.99. The number of rotatable bonds is 7. The van der Waals surface area contributed by atoms with Gasteiger partial charge in [0.1, 0.15) is 12.1 Å². The van der Waals surface area contributed by atoms with Crippen molar-refractivity contribution in [3.8, 4) is 0 Å². The lowest BCUT2D eigenvalue weighted by molar-refractivity contribution is -0.144. The SMILES string of the molecule is CCCCCCOC(=O)Cn1c(=O)oc2cccc(N)c21. The maximum Gasteiger partial charge on any atom is 0.420 e. The second kappa shape index (κ2) is 6.97. The number of nitrogens with zero attached hydrogens (tertiary/aromatic N) is 1. The zero-order valence-electron chi connectivity index (χ0n) is 12.1. The number of esters is 1. The fraction of sp³-hybridized carbons (Fsp3) is 0.467. The third kappa shape index (κ3) is 3.65. The third-order valence-corrected chi connectivity index (χ3v) is 3.27. The van der Waals surface area contributed by atoms with E-state index in [9.17, 15) is 9.59 Å². The summed E-state index contributed by atoms with van der Waals surface area (Å²) in [7, 11) is 0. The largest absolute Gasteiger partial charge is 0.464 e. The summed E-state index contributed by atoms with van der Waals surface area (Å²) in [4.78, 5) is 23.6. The lowest BCUT2D eigenvalue weighted by atomic mass is 10.2. The van der Waals surface area contributed by atoms with Gasteiger partial charge in [0, 0.05) is 0 Å². The van der Waals surface area contributed by atoms with Crippen molar-refractivity contribution < 1.29 is 13.9 Å². The molecule has 2 rings (SSSR count). The fourth-order valence-corrected chi connectivity index (χ4v) is 2.18. The van der Waals surface area contributed by atoms with Gasteiger partial charge in [-0.25, -0.2) is 4.79 Å². The van der Waals surface area contributed by atoms with Gasteiger partial charge < -0.3 is 14.9 Å². The Morgan fingerprint density at radius 2 is 2.14 bits per heavy atom. The summed E-state index contributed by atoms with van der Waals surface area (Å²) >= 11 is 0. The van der Waals surface area contributed by atoms with Crippen LogP contribution in [-0.2, 0) is 16.1 Å². The molecule has 21 heavy (non-hydrogen) atoms. The third-order valence-electron chi connectivity index (χ3n) is 3.27. The first kappa shape index (κ1) is 15.2. The standard InChI is InChI=1S/C15H20N2O4/c1-2-3-4-5-9-20-13(18)10-17-14-11(16)7-6-8-12(14)21-15(17)19/h6-8H,2-5,9-10,16H2,1H3. The molecule has 2 N–H and O–H groups in total. The van der Waals surface area contributed by atoms with Gasteiger partial charge in [0.25, 0.3) is 0 Å². The Hall–Kier alpha value is -2.24. The van der Waals surface area contributed by atoms with E-state index in [2.05, 4.69) is 6.92 Å². The number of carbonyl (C=O) groups excluding carboxylic acids is 1. The number of unbranched alkanes of at least 4 members (excludes halogenated alkanes) is 3. The number of aromatic nitrogens is 1. The highest BCUT2D eigenvalue weighted by Gasteiger charge is 2.15. The first-order valence-corrected chi connectivity index (χ1v) is 7.17. The summed E-state index contributed by atoms with van der Waals surface area (Å²) < 4.78 is 11.4. The Morgan fingerprint density at radius 3 is 2.90 bits per heavy atom. The number of anilines is 1. The van der Waals surface area contributed by atoms with Crippen molar-refractivity contribution in [1.82, 2.24) is 4.57 Å². The first-order chi connectivity index (χ1) is 10.1. The molecule has 0 aliphatic rings. The molecule has 0 radical (unpaired) electrons. The molecule has 1 aromatic heterocycles. The molecular formula is C15H20N2O4. The number of para-hydroxylation sites is 1. The molecule has 0 aliphatic heterocycles. The minimum atomic E-state index is -0.606. The number of nitrogen functional groups attached to an aromatic ring is 1. The molecule has 0 amide bonds. The van der Waals surface area contributed by atoms with Gasteiger partial charge in [-0.1, -0.05) is 32.3 Å². The summed E-state index contributed by atoms with van der Waals surface area (Å²) in [5.41, 5.74) is 7.03. The molecule has 0 unspecified atom stereocenters. The second-order valence-electron chi connectivity index (χ2n) is 4.93. The molecule has 0 fully saturated rings. The number of hydrogen-bond acceptors (Lipinski definition) is 5. The monoisotopic (exact) mass is 292 g/mol. The average molecular weight is 292 g/mol. The predicted octanol–water partition coefficient (Wildman–Crippen LogP) is 2.30. The molecule has 0 aliphatic carbocycles. The molecule has 114 valence electrons. The second-order valence-corrected chi connectivity index (χ2v) is 4.93. The lowest BCUT2D eigenvalue weighted by Crippen LogP contribution is -2.22. The van der Waals surface area contributed by atoms with Crippen LogP contribution in [-0.4, -0.2) is 17.1 Å². The maximum atomic E-state index is 11.8. The van der Waals surface area contributed by atoms with Gasteiger partial charge in [0.15, 0.2) is 5.58 Å². The Bertz CT molecular complexity index is 672. The summed E-state index contributed by atoms with van der Waals surface area (Å²) in [5.74, 6) is -1.06. The highest BCUT2D eigenvalue weighted by atomic mass is 16.5. The van der Waals surface area contributed by atoms with Crippen LogP contribution in [0.4, 0.5) is 5.69 Å². The predicted molar refractivity (Wildman–Crippen MR) is 80.0 cm³/mol. The Kier molecular flexibility index (Phi) is 5.03. The first-order valence-electron chi connectivity index (χ1n) is 7.17. The van der Waals surface area contributed by atoms with E-state index in [-0.39, 0.29) is 6.54 Å². The molecular weight excluding hydrogens is 272 g/mol. The van der Waals surface area contributed by atoms with Crippen molar-refractivity contribution in [2.75, 3.05) is 12.3 Å². The van der Waals surface area contributed by atoms with Crippen LogP contribution in [0.15, 0.2) is 27.4 Å². The van der Waals surface area contributed by atoms with Crippen molar-refractivity contribution in [2.24, 2.45) is 0 Å². The average Bonchev–Trinajstić information content (AvgIpc) is 2.76. The molecule has 2 aromatic rings. The number of benzene rings is 1. The van der Waals surface area contributed by atoms with Gasteiger partial charge in [0.05, 0.1) is 12.3 Å². The van der Waals surface area contributed by atoms with Crippen molar-refractivity contribution in [1.29, 1.82) is 0 Å².